The number of rotatable bonds is 6. The summed E-state index contributed by atoms with van der Waals surface area (Å²) < 4.78 is 10.5. The maximum Gasteiger partial charge on any atom is 0.328 e. The van der Waals surface area contributed by atoms with Gasteiger partial charge in [0.1, 0.15) is 0 Å². The van der Waals surface area contributed by atoms with Crippen LogP contribution in [0, 0.1) is 6.92 Å². The average Bonchev–Trinajstić information content (AvgIpc) is 2.40. The second-order valence-electron chi connectivity index (χ2n) is 4.03. The summed E-state index contributed by atoms with van der Waals surface area (Å²) in [6.45, 7) is 1.94. The molecule has 0 aromatic heterocycles. The number of carboxylic acid groups (broad SMARTS) is 1. The Morgan fingerprint density at radius 2 is 1.89 bits per heavy atom. The summed E-state index contributed by atoms with van der Waals surface area (Å²) in [6.07, 6.45) is 2.72. The molecule has 0 spiro atoms. The van der Waals surface area contributed by atoms with Crippen LogP contribution in [0.15, 0.2) is 24.3 Å². The van der Waals surface area contributed by atoms with Crippen molar-refractivity contribution in [1.29, 1.82) is 0 Å². The van der Waals surface area contributed by atoms with Gasteiger partial charge in [-0.05, 0) is 37.2 Å². The van der Waals surface area contributed by atoms with Crippen molar-refractivity contribution in [2.75, 3.05) is 21.3 Å². The van der Waals surface area contributed by atoms with Crippen LogP contribution in [0.2, 0.25) is 0 Å². The van der Waals surface area contributed by atoms with Crippen LogP contribution in [0.4, 0.5) is 0 Å². The average molecular weight is 265 g/mol. The third kappa shape index (κ3) is 3.72. The molecule has 1 aromatic rings. The summed E-state index contributed by atoms with van der Waals surface area (Å²) in [7, 11) is 4.92. The molecule has 0 heterocycles. The van der Waals surface area contributed by atoms with Gasteiger partial charge in [0.2, 0.25) is 0 Å². The van der Waals surface area contributed by atoms with Gasteiger partial charge in [0, 0.05) is 6.08 Å². The molecule has 0 aliphatic heterocycles. The zero-order valence-electron chi connectivity index (χ0n) is 11.6. The van der Waals surface area contributed by atoms with Gasteiger partial charge in [-0.3, -0.25) is 0 Å². The Balaban J connectivity index is 3.20. The van der Waals surface area contributed by atoms with Gasteiger partial charge >= 0.3 is 5.97 Å². The molecule has 2 N–H and O–H groups in total. The molecule has 1 rings (SSSR count). The number of carbonyl (C=O) groups is 1. The van der Waals surface area contributed by atoms with Crippen molar-refractivity contribution < 1.29 is 19.4 Å². The maximum absolute atomic E-state index is 10.6. The second kappa shape index (κ2) is 6.80. The molecule has 1 unspecified atom stereocenters. The monoisotopic (exact) mass is 265 g/mol. The van der Waals surface area contributed by atoms with Crippen LogP contribution in [-0.2, 0) is 4.79 Å². The first-order chi connectivity index (χ1) is 9.03. The number of aliphatic carboxylic acids is 1. The number of hydrogen-bond donors (Lipinski definition) is 2. The number of nitrogens with one attached hydrogen (secondary N) is 1. The number of benzene rings is 1. The predicted molar refractivity (Wildman–Crippen MR) is 72.9 cm³/mol. The van der Waals surface area contributed by atoms with Crippen LogP contribution in [0.5, 0.6) is 11.5 Å². The van der Waals surface area contributed by atoms with E-state index < -0.39 is 5.97 Å². The van der Waals surface area contributed by atoms with Gasteiger partial charge in [0.05, 0.1) is 20.3 Å². The van der Waals surface area contributed by atoms with Crippen molar-refractivity contribution in [2.24, 2.45) is 0 Å². The molecule has 1 aromatic carbocycles. The maximum atomic E-state index is 10.6. The highest BCUT2D eigenvalue weighted by atomic mass is 16.5. The number of aryl methyl sites for hydroxylation is 1. The lowest BCUT2D eigenvalue weighted by molar-refractivity contribution is -0.131. The van der Waals surface area contributed by atoms with Crippen molar-refractivity contribution in [3.8, 4) is 11.5 Å². The quantitative estimate of drug-likeness (QED) is 0.769. The molecule has 0 aliphatic carbocycles. The second-order valence-corrected chi connectivity index (χ2v) is 4.03. The van der Waals surface area contributed by atoms with E-state index in [1.807, 2.05) is 19.1 Å². The molecule has 104 valence electrons. The van der Waals surface area contributed by atoms with Gasteiger partial charge in [-0.1, -0.05) is 6.08 Å². The summed E-state index contributed by atoms with van der Waals surface area (Å²) in [5, 5.41) is 11.8. The van der Waals surface area contributed by atoms with Crippen LogP contribution in [0.3, 0.4) is 0 Å². The fourth-order valence-corrected chi connectivity index (χ4v) is 1.87. The Morgan fingerprint density at radius 3 is 2.37 bits per heavy atom. The largest absolute Gasteiger partial charge is 0.493 e. The molecule has 0 aliphatic rings. The summed E-state index contributed by atoms with van der Waals surface area (Å²) in [5.74, 6) is 0.297. The normalized spacial score (nSPS) is 12.4. The number of hydrogen-bond acceptors (Lipinski definition) is 4. The van der Waals surface area contributed by atoms with Crippen molar-refractivity contribution in [1.82, 2.24) is 5.32 Å². The van der Waals surface area contributed by atoms with Gasteiger partial charge in [0.15, 0.2) is 11.5 Å². The zero-order valence-corrected chi connectivity index (χ0v) is 11.6. The molecule has 1 atom stereocenters. The van der Waals surface area contributed by atoms with Gasteiger partial charge in [-0.15, -0.1) is 0 Å². The van der Waals surface area contributed by atoms with Crippen LogP contribution in [0.25, 0.3) is 0 Å². The molecule has 0 bridgehead atoms. The van der Waals surface area contributed by atoms with E-state index in [0.717, 1.165) is 17.2 Å². The highest BCUT2D eigenvalue weighted by Gasteiger charge is 2.14. The Labute approximate surface area is 112 Å². The van der Waals surface area contributed by atoms with Crippen molar-refractivity contribution in [3.05, 3.63) is 35.4 Å². The molecular formula is C14H19NO4. The van der Waals surface area contributed by atoms with Gasteiger partial charge in [0.25, 0.3) is 0 Å². The Hall–Kier alpha value is -2.01. The van der Waals surface area contributed by atoms with E-state index in [0.29, 0.717) is 11.5 Å². The smallest absolute Gasteiger partial charge is 0.328 e. The van der Waals surface area contributed by atoms with E-state index in [1.165, 1.54) is 0 Å². The predicted octanol–water partition coefficient (Wildman–Crippen LogP) is 1.91. The highest BCUT2D eigenvalue weighted by Crippen LogP contribution is 2.33. The minimum Gasteiger partial charge on any atom is -0.493 e. The van der Waals surface area contributed by atoms with Crippen molar-refractivity contribution in [2.45, 2.75) is 13.0 Å². The lowest BCUT2D eigenvalue weighted by Gasteiger charge is -2.18. The molecule has 19 heavy (non-hydrogen) atoms. The first kappa shape index (κ1) is 15.0. The zero-order chi connectivity index (χ0) is 14.4. The van der Waals surface area contributed by atoms with Crippen LogP contribution in [-0.4, -0.2) is 32.3 Å². The molecular weight excluding hydrogens is 246 g/mol. The molecule has 0 amide bonds. The number of carboxylic acids is 1. The van der Waals surface area contributed by atoms with E-state index in [4.69, 9.17) is 14.6 Å². The van der Waals surface area contributed by atoms with Crippen molar-refractivity contribution >= 4 is 5.97 Å². The highest BCUT2D eigenvalue weighted by molar-refractivity contribution is 5.79. The molecule has 0 saturated heterocycles. The van der Waals surface area contributed by atoms with E-state index in [2.05, 4.69) is 5.32 Å². The van der Waals surface area contributed by atoms with E-state index in [1.54, 1.807) is 27.3 Å². The Kier molecular flexibility index (Phi) is 5.38. The molecule has 0 fully saturated rings. The summed E-state index contributed by atoms with van der Waals surface area (Å²) in [5.41, 5.74) is 1.93. The van der Waals surface area contributed by atoms with E-state index in [9.17, 15) is 4.79 Å². The Bertz CT molecular complexity index is 483. The standard InChI is InChI=1S/C14H19NO4/c1-9-7-12(18-3)13(19-4)8-10(9)11(15-2)5-6-14(16)17/h5-8,11,15H,1-4H3,(H,16,17)/b6-5+. The Morgan fingerprint density at radius 1 is 1.32 bits per heavy atom. The minimum absolute atomic E-state index is 0.198. The first-order valence-corrected chi connectivity index (χ1v) is 5.84. The number of methoxy groups -OCH3 is 2. The molecule has 0 saturated carbocycles. The van der Waals surface area contributed by atoms with Crippen LogP contribution < -0.4 is 14.8 Å². The lowest BCUT2D eigenvalue weighted by atomic mass is 10.00. The minimum atomic E-state index is -0.974. The third-order valence-corrected chi connectivity index (χ3v) is 2.85. The van der Waals surface area contributed by atoms with Crippen molar-refractivity contribution in [3.63, 3.8) is 0 Å². The molecule has 0 radical (unpaired) electrons. The molecule has 5 nitrogen and oxygen atoms in total. The van der Waals surface area contributed by atoms with Crippen LogP contribution >= 0.6 is 0 Å². The van der Waals surface area contributed by atoms with Crippen LogP contribution in [0.1, 0.15) is 17.2 Å². The fraction of sp³-hybridized carbons (Fsp3) is 0.357. The lowest BCUT2D eigenvalue weighted by Crippen LogP contribution is -2.15. The SMILES string of the molecule is CNC(/C=C/C(=O)O)c1cc(OC)c(OC)cc1C. The van der Waals surface area contributed by atoms with Gasteiger partial charge < -0.3 is 19.9 Å². The third-order valence-electron chi connectivity index (χ3n) is 2.85. The number of likely N-dealkylation sites (N-methyl/N-ethyl adjacent to an activating group) is 1. The van der Waals surface area contributed by atoms with E-state index >= 15 is 0 Å². The van der Waals surface area contributed by atoms with Gasteiger partial charge in [-0.25, -0.2) is 4.79 Å². The summed E-state index contributed by atoms with van der Waals surface area (Å²) in [4.78, 5) is 10.6. The van der Waals surface area contributed by atoms with E-state index in [-0.39, 0.29) is 6.04 Å². The topological polar surface area (TPSA) is 67.8 Å². The van der Waals surface area contributed by atoms with Gasteiger partial charge in [-0.2, -0.15) is 0 Å². The molecule has 5 heteroatoms. The first-order valence-electron chi connectivity index (χ1n) is 5.84. The summed E-state index contributed by atoms with van der Waals surface area (Å²) in [6, 6.07) is 3.52. The summed E-state index contributed by atoms with van der Waals surface area (Å²) >= 11 is 0. The number of ether oxygens (including phenoxy) is 2. The fourth-order valence-electron chi connectivity index (χ4n) is 1.87.